The van der Waals surface area contributed by atoms with Crippen LogP contribution < -0.4 is 5.32 Å². The van der Waals surface area contributed by atoms with Crippen LogP contribution in [0.3, 0.4) is 0 Å². The molecule has 4 N–H and O–H groups in total. The number of Topliss-reactive ketones (excluding diaryl/α,β-unsaturated/α-hetero) is 1. The molecule has 4 rings (SSSR count). The number of carboxylic acid groups (broad SMARTS) is 2. The van der Waals surface area contributed by atoms with E-state index in [1.807, 2.05) is 0 Å². The minimum atomic E-state index is -3.35. The Morgan fingerprint density at radius 3 is 1.89 bits per heavy atom. The molecule has 202 valence electrons. The fourth-order valence-electron chi connectivity index (χ4n) is 4.82. The molecule has 38 heavy (non-hydrogen) atoms. The zero-order valence-electron chi connectivity index (χ0n) is 21.0. The first-order valence-corrected chi connectivity index (χ1v) is 11.7. The molecule has 5 atom stereocenters. The summed E-state index contributed by atoms with van der Waals surface area (Å²) in [5, 5.41) is 31.8. The van der Waals surface area contributed by atoms with Crippen LogP contribution in [0.25, 0.3) is 0 Å². The van der Waals surface area contributed by atoms with Crippen molar-refractivity contribution in [3.8, 4) is 0 Å². The lowest BCUT2D eigenvalue weighted by Gasteiger charge is -2.30. The van der Waals surface area contributed by atoms with E-state index in [0.29, 0.717) is 17.3 Å². The SMILES string of the molecule is COC(=O)[C@H]1NC[C@H]2[C@@H]1C2(C)C.O=C(O[C@@](C(=O)O)(C(=O)c1ccccc1)[C@H](O)C(=O)O)c1ccccc1. The van der Waals surface area contributed by atoms with Gasteiger partial charge in [-0.3, -0.25) is 9.59 Å². The summed E-state index contributed by atoms with van der Waals surface area (Å²) in [5.74, 6) is -5.69. The van der Waals surface area contributed by atoms with Crippen LogP contribution in [-0.2, 0) is 23.9 Å². The number of rotatable bonds is 8. The third kappa shape index (κ3) is 5.29. The number of hydrogen-bond donors (Lipinski definition) is 4. The summed E-state index contributed by atoms with van der Waals surface area (Å²) in [7, 11) is 1.45. The van der Waals surface area contributed by atoms with E-state index < -0.39 is 35.4 Å². The summed E-state index contributed by atoms with van der Waals surface area (Å²) in [6.07, 6.45) is -2.82. The van der Waals surface area contributed by atoms with Crippen molar-refractivity contribution < 1.29 is 48.8 Å². The maximum absolute atomic E-state index is 12.7. The van der Waals surface area contributed by atoms with Gasteiger partial charge in [-0.15, -0.1) is 0 Å². The van der Waals surface area contributed by atoms with Crippen LogP contribution in [-0.4, -0.2) is 76.4 Å². The summed E-state index contributed by atoms with van der Waals surface area (Å²) < 4.78 is 9.53. The molecule has 0 aromatic heterocycles. The maximum atomic E-state index is 12.7. The summed E-state index contributed by atoms with van der Waals surface area (Å²) in [5.41, 5.74) is -3.35. The highest BCUT2D eigenvalue weighted by atomic mass is 16.6. The Morgan fingerprint density at radius 2 is 1.47 bits per heavy atom. The average Bonchev–Trinajstić information content (AvgIpc) is 3.22. The van der Waals surface area contributed by atoms with Crippen molar-refractivity contribution in [2.75, 3.05) is 13.7 Å². The molecular formula is C27H29NO10. The van der Waals surface area contributed by atoms with Crippen LogP contribution in [0.1, 0.15) is 34.6 Å². The average molecular weight is 528 g/mol. The molecule has 11 heteroatoms. The Labute approximate surface area is 218 Å². The zero-order valence-corrected chi connectivity index (χ0v) is 21.0. The van der Waals surface area contributed by atoms with Crippen molar-refractivity contribution >= 4 is 29.7 Å². The van der Waals surface area contributed by atoms with Gasteiger partial charge in [-0.2, -0.15) is 0 Å². The number of carbonyl (C=O) groups excluding carboxylic acids is 3. The van der Waals surface area contributed by atoms with Crippen molar-refractivity contribution in [3.05, 3.63) is 71.8 Å². The maximum Gasteiger partial charge on any atom is 0.360 e. The quantitative estimate of drug-likeness (QED) is 0.222. The number of hydrogen-bond acceptors (Lipinski definition) is 9. The number of carbonyl (C=O) groups is 5. The topological polar surface area (TPSA) is 177 Å². The molecule has 1 saturated carbocycles. The van der Waals surface area contributed by atoms with Crippen LogP contribution >= 0.6 is 0 Å². The van der Waals surface area contributed by atoms with Gasteiger partial charge in [0.2, 0.25) is 11.9 Å². The van der Waals surface area contributed by atoms with Crippen molar-refractivity contribution in [2.24, 2.45) is 17.3 Å². The predicted molar refractivity (Wildman–Crippen MR) is 131 cm³/mol. The molecule has 2 aromatic carbocycles. The van der Waals surface area contributed by atoms with Crippen LogP contribution in [0, 0.1) is 17.3 Å². The van der Waals surface area contributed by atoms with E-state index in [-0.39, 0.29) is 23.1 Å². The highest BCUT2D eigenvalue weighted by molar-refractivity contribution is 6.19. The van der Waals surface area contributed by atoms with E-state index in [9.17, 15) is 34.2 Å². The third-order valence-electron chi connectivity index (χ3n) is 7.08. The highest BCUT2D eigenvalue weighted by Crippen LogP contribution is 2.62. The fraction of sp³-hybridized carbons (Fsp3) is 0.370. The molecule has 2 aliphatic rings. The second-order valence-corrected chi connectivity index (χ2v) is 9.59. The minimum absolute atomic E-state index is 0.0463. The second kappa shape index (κ2) is 11.1. The van der Waals surface area contributed by atoms with Crippen molar-refractivity contribution in [3.63, 3.8) is 0 Å². The molecule has 0 spiro atoms. The number of ether oxygens (including phenoxy) is 2. The zero-order chi connectivity index (χ0) is 28.3. The number of piperidine rings is 1. The minimum Gasteiger partial charge on any atom is -0.479 e. The Bertz CT molecular complexity index is 1210. The third-order valence-corrected chi connectivity index (χ3v) is 7.08. The molecule has 2 aromatic rings. The molecule has 1 aliphatic heterocycles. The van der Waals surface area contributed by atoms with Gasteiger partial charge < -0.3 is 30.1 Å². The van der Waals surface area contributed by atoms with Crippen molar-refractivity contribution in [2.45, 2.75) is 31.6 Å². The summed E-state index contributed by atoms with van der Waals surface area (Å²) in [6.45, 7) is 5.41. The Hall–Kier alpha value is -4.09. The second-order valence-electron chi connectivity index (χ2n) is 9.59. The van der Waals surface area contributed by atoms with Gasteiger partial charge in [-0.25, -0.2) is 14.4 Å². The van der Waals surface area contributed by atoms with Crippen molar-refractivity contribution in [1.82, 2.24) is 5.32 Å². The number of aliphatic hydroxyl groups excluding tert-OH is 1. The van der Waals surface area contributed by atoms with Gasteiger partial charge in [0.25, 0.3) is 0 Å². The molecular weight excluding hydrogens is 498 g/mol. The van der Waals surface area contributed by atoms with Crippen LogP contribution in [0.4, 0.5) is 0 Å². The van der Waals surface area contributed by atoms with Crippen molar-refractivity contribution in [1.29, 1.82) is 0 Å². The lowest BCUT2D eigenvalue weighted by molar-refractivity contribution is -0.176. The van der Waals surface area contributed by atoms with Crippen LogP contribution in [0.15, 0.2) is 60.7 Å². The molecule has 0 amide bonds. The molecule has 2 fully saturated rings. The summed E-state index contributed by atoms with van der Waals surface area (Å²) in [4.78, 5) is 59.4. The lowest BCUT2D eigenvalue weighted by Crippen LogP contribution is -2.61. The number of esters is 2. The molecule has 0 unspecified atom stereocenters. The van der Waals surface area contributed by atoms with Crippen LogP contribution in [0.2, 0.25) is 0 Å². The molecule has 0 radical (unpaired) electrons. The van der Waals surface area contributed by atoms with E-state index in [1.54, 1.807) is 12.1 Å². The first-order valence-electron chi connectivity index (χ1n) is 11.7. The molecule has 11 nitrogen and oxygen atoms in total. The van der Waals surface area contributed by atoms with E-state index in [2.05, 4.69) is 19.2 Å². The van der Waals surface area contributed by atoms with Gasteiger partial charge in [0.15, 0.2) is 0 Å². The van der Waals surface area contributed by atoms with Gasteiger partial charge in [0.1, 0.15) is 6.04 Å². The predicted octanol–water partition coefficient (Wildman–Crippen LogP) is 1.40. The van der Waals surface area contributed by atoms with Gasteiger partial charge in [0, 0.05) is 5.56 Å². The number of ketones is 1. The lowest BCUT2D eigenvalue weighted by atomic mass is 9.87. The number of fused-ring (bicyclic) bond motifs is 1. The fourth-order valence-corrected chi connectivity index (χ4v) is 4.82. The molecule has 0 bridgehead atoms. The van der Waals surface area contributed by atoms with E-state index in [0.717, 1.165) is 6.54 Å². The molecule has 1 aliphatic carbocycles. The largest absolute Gasteiger partial charge is 0.479 e. The number of carboxylic acids is 2. The Kier molecular flexibility index (Phi) is 8.33. The van der Waals surface area contributed by atoms with E-state index >= 15 is 0 Å². The number of methoxy groups -OCH3 is 1. The van der Waals surface area contributed by atoms with Gasteiger partial charge in [-0.1, -0.05) is 62.4 Å². The normalized spacial score (nSPS) is 22.8. The Morgan fingerprint density at radius 1 is 0.947 bits per heavy atom. The number of aliphatic hydroxyl groups is 1. The highest BCUT2D eigenvalue weighted by Gasteiger charge is 2.66. The summed E-state index contributed by atoms with van der Waals surface area (Å²) >= 11 is 0. The standard InChI is InChI=1S/C18H14O8.C9H15NO2/c19-13(11-7-3-1-4-8-11)18(17(24)25,14(20)15(21)22)26-16(23)12-9-5-2-6-10-12;1-9(2)5-4-10-7(6(5)9)8(11)12-3/h1-10,14,20H,(H,21,22)(H,24,25);5-7,10H,4H2,1-3H3/t14-,18+;5-,6-,7-/m10/s1. The van der Waals surface area contributed by atoms with Gasteiger partial charge in [-0.05, 0) is 35.9 Å². The van der Waals surface area contributed by atoms with Crippen LogP contribution in [0.5, 0.6) is 0 Å². The van der Waals surface area contributed by atoms with Gasteiger partial charge in [0.05, 0.1) is 12.7 Å². The molecule has 1 heterocycles. The smallest absolute Gasteiger partial charge is 0.360 e. The number of nitrogens with one attached hydrogen (secondary N) is 1. The number of aliphatic carboxylic acids is 2. The number of benzene rings is 2. The first kappa shape index (κ1) is 28.5. The molecule has 1 saturated heterocycles. The van der Waals surface area contributed by atoms with Gasteiger partial charge >= 0.3 is 29.5 Å². The van der Waals surface area contributed by atoms with E-state index in [1.165, 1.54) is 55.6 Å². The van der Waals surface area contributed by atoms with E-state index in [4.69, 9.17) is 14.6 Å². The summed E-state index contributed by atoms with van der Waals surface area (Å²) in [6, 6.07) is 13.8. The first-order chi connectivity index (χ1) is 17.9. The Balaban J connectivity index is 0.000000275. The monoisotopic (exact) mass is 527 g/mol.